The number of anilines is 1. The number of carbonyl (C=O) groups is 2. The van der Waals surface area contributed by atoms with Crippen molar-refractivity contribution in [3.05, 3.63) is 35.9 Å². The number of pyridine rings is 1. The molecule has 142 valence electrons. The Morgan fingerprint density at radius 3 is 2.81 bits per heavy atom. The fraction of sp³-hybridized carbons (Fsp3) is 0.476. The Hall–Kier alpha value is -2.63. The van der Waals surface area contributed by atoms with E-state index in [1.807, 2.05) is 30.3 Å². The van der Waals surface area contributed by atoms with Gasteiger partial charge in [-0.05, 0) is 43.7 Å². The lowest BCUT2D eigenvalue weighted by atomic mass is 9.97. The molecule has 2 N–H and O–H groups in total. The minimum atomic E-state index is -0.0100. The van der Waals surface area contributed by atoms with Crippen LogP contribution < -0.4 is 15.5 Å². The van der Waals surface area contributed by atoms with E-state index in [-0.39, 0.29) is 11.8 Å². The number of hydrogen-bond acceptors (Lipinski definition) is 4. The molecule has 0 bridgehead atoms. The lowest BCUT2D eigenvalue weighted by molar-refractivity contribution is -0.119. The first-order valence-electron chi connectivity index (χ1n) is 9.80. The van der Waals surface area contributed by atoms with Crippen LogP contribution in [0.1, 0.15) is 43.0 Å². The Balaban J connectivity index is 1.60. The molecule has 1 saturated heterocycles. The Bertz CT molecular complexity index is 862. The maximum absolute atomic E-state index is 12.8. The molecule has 1 unspecified atom stereocenters. The van der Waals surface area contributed by atoms with Gasteiger partial charge in [0.2, 0.25) is 5.91 Å². The fourth-order valence-electron chi connectivity index (χ4n) is 3.73. The lowest BCUT2D eigenvalue weighted by Gasteiger charge is -2.34. The van der Waals surface area contributed by atoms with Crippen molar-refractivity contribution >= 4 is 28.5 Å². The summed E-state index contributed by atoms with van der Waals surface area (Å²) in [5, 5.41) is 6.92. The van der Waals surface area contributed by atoms with Crippen LogP contribution in [0.25, 0.3) is 10.9 Å². The van der Waals surface area contributed by atoms with Crippen LogP contribution in [0.2, 0.25) is 0 Å². The van der Waals surface area contributed by atoms with Crippen molar-refractivity contribution in [2.45, 2.75) is 38.6 Å². The third-order valence-electron chi connectivity index (χ3n) is 5.34. The van der Waals surface area contributed by atoms with E-state index >= 15 is 0 Å². The zero-order chi connectivity index (χ0) is 18.8. The molecule has 1 atom stereocenters. The molecule has 1 aromatic heterocycles. The molecule has 6 nitrogen and oxygen atoms in total. The summed E-state index contributed by atoms with van der Waals surface area (Å²) in [5.74, 6) is 1.25. The minimum Gasteiger partial charge on any atom is -0.356 e. The van der Waals surface area contributed by atoms with E-state index in [2.05, 4.69) is 15.5 Å². The zero-order valence-corrected chi connectivity index (χ0v) is 15.7. The predicted molar refractivity (Wildman–Crippen MR) is 106 cm³/mol. The van der Waals surface area contributed by atoms with Crippen LogP contribution in [0.3, 0.4) is 0 Å². The summed E-state index contributed by atoms with van der Waals surface area (Å²) in [5.41, 5.74) is 1.55. The van der Waals surface area contributed by atoms with Crippen molar-refractivity contribution < 1.29 is 9.59 Å². The van der Waals surface area contributed by atoms with Crippen molar-refractivity contribution in [1.82, 2.24) is 15.6 Å². The molecular formula is C21H26N4O2. The monoisotopic (exact) mass is 366 g/mol. The van der Waals surface area contributed by atoms with E-state index in [0.29, 0.717) is 24.1 Å². The van der Waals surface area contributed by atoms with Gasteiger partial charge >= 0.3 is 0 Å². The average Bonchev–Trinajstić information content (AvgIpc) is 3.49. The Kier molecular flexibility index (Phi) is 4.97. The van der Waals surface area contributed by atoms with Crippen molar-refractivity contribution in [2.24, 2.45) is 5.92 Å². The molecule has 4 rings (SSSR count). The Labute approximate surface area is 159 Å². The first-order valence-corrected chi connectivity index (χ1v) is 9.80. The highest BCUT2D eigenvalue weighted by Crippen LogP contribution is 2.28. The molecule has 2 fully saturated rings. The van der Waals surface area contributed by atoms with Crippen LogP contribution in [-0.4, -0.2) is 42.5 Å². The topological polar surface area (TPSA) is 74.3 Å². The second-order valence-corrected chi connectivity index (χ2v) is 7.68. The molecule has 1 aromatic carbocycles. The summed E-state index contributed by atoms with van der Waals surface area (Å²) < 4.78 is 0. The number of amides is 2. The van der Waals surface area contributed by atoms with E-state index in [4.69, 9.17) is 4.98 Å². The normalized spacial score (nSPS) is 19.7. The second-order valence-electron chi connectivity index (χ2n) is 7.68. The van der Waals surface area contributed by atoms with Gasteiger partial charge in [-0.15, -0.1) is 0 Å². The number of carbonyl (C=O) groups excluding carboxylic acids is 2. The van der Waals surface area contributed by atoms with E-state index in [1.54, 1.807) is 6.92 Å². The van der Waals surface area contributed by atoms with Gasteiger partial charge in [0.15, 0.2) is 0 Å². The third-order valence-corrected chi connectivity index (χ3v) is 5.34. The van der Waals surface area contributed by atoms with Crippen molar-refractivity contribution in [1.29, 1.82) is 0 Å². The first kappa shape index (κ1) is 17.8. The van der Waals surface area contributed by atoms with Crippen molar-refractivity contribution in [3.63, 3.8) is 0 Å². The number of nitrogens with one attached hydrogen (secondary N) is 2. The highest BCUT2D eigenvalue weighted by Gasteiger charge is 2.26. The number of nitrogens with zero attached hydrogens (tertiary/aromatic N) is 2. The van der Waals surface area contributed by atoms with Crippen LogP contribution in [0.15, 0.2) is 30.3 Å². The number of fused-ring (bicyclic) bond motifs is 1. The molecule has 27 heavy (non-hydrogen) atoms. The Morgan fingerprint density at radius 2 is 2.04 bits per heavy atom. The molecular weight excluding hydrogens is 340 g/mol. The van der Waals surface area contributed by atoms with Gasteiger partial charge in [-0.1, -0.05) is 18.2 Å². The number of hydrogen-bond donors (Lipinski definition) is 2. The highest BCUT2D eigenvalue weighted by atomic mass is 16.2. The van der Waals surface area contributed by atoms with E-state index in [1.165, 1.54) is 0 Å². The van der Waals surface area contributed by atoms with Gasteiger partial charge in [-0.2, -0.15) is 0 Å². The van der Waals surface area contributed by atoms with Gasteiger partial charge in [-0.25, -0.2) is 4.98 Å². The number of rotatable bonds is 5. The molecule has 2 aromatic rings. The summed E-state index contributed by atoms with van der Waals surface area (Å²) >= 11 is 0. The minimum absolute atomic E-state index is 0.00925. The van der Waals surface area contributed by atoms with E-state index in [9.17, 15) is 9.59 Å². The molecule has 2 aliphatic rings. The molecule has 1 saturated carbocycles. The fourth-order valence-corrected chi connectivity index (χ4v) is 3.73. The Morgan fingerprint density at radius 1 is 1.22 bits per heavy atom. The first-order chi connectivity index (χ1) is 13.1. The lowest BCUT2D eigenvalue weighted by Crippen LogP contribution is -2.41. The summed E-state index contributed by atoms with van der Waals surface area (Å²) in [4.78, 5) is 31.1. The van der Waals surface area contributed by atoms with Crippen LogP contribution in [0.5, 0.6) is 0 Å². The smallest absolute Gasteiger partial charge is 0.252 e. The van der Waals surface area contributed by atoms with Gasteiger partial charge in [0, 0.05) is 38.0 Å². The summed E-state index contributed by atoms with van der Waals surface area (Å²) in [6.45, 7) is 4.01. The van der Waals surface area contributed by atoms with Crippen LogP contribution in [0.4, 0.5) is 5.82 Å². The maximum Gasteiger partial charge on any atom is 0.252 e. The van der Waals surface area contributed by atoms with Gasteiger partial charge in [0.05, 0.1) is 11.1 Å². The van der Waals surface area contributed by atoms with Crippen LogP contribution in [0, 0.1) is 5.92 Å². The third kappa shape index (κ3) is 4.21. The largest absolute Gasteiger partial charge is 0.356 e. The SMILES string of the molecule is CC(=O)NCC1CCCN(c2cc(C(=O)NC3CC3)c3ccccc3n2)C1. The average molecular weight is 366 g/mol. The highest BCUT2D eigenvalue weighted by molar-refractivity contribution is 6.07. The van der Waals surface area contributed by atoms with Crippen molar-refractivity contribution in [2.75, 3.05) is 24.5 Å². The molecule has 2 amide bonds. The zero-order valence-electron chi connectivity index (χ0n) is 15.7. The predicted octanol–water partition coefficient (Wildman–Crippen LogP) is 2.48. The summed E-state index contributed by atoms with van der Waals surface area (Å²) in [6, 6.07) is 10.1. The van der Waals surface area contributed by atoms with Crippen LogP contribution >= 0.6 is 0 Å². The van der Waals surface area contributed by atoms with E-state index < -0.39 is 0 Å². The van der Waals surface area contributed by atoms with Crippen molar-refractivity contribution in [3.8, 4) is 0 Å². The molecule has 0 spiro atoms. The van der Waals surface area contributed by atoms with Gasteiger partial charge < -0.3 is 15.5 Å². The quantitative estimate of drug-likeness (QED) is 0.853. The van der Waals surface area contributed by atoms with E-state index in [0.717, 1.165) is 55.5 Å². The standard InChI is InChI=1S/C21H26N4O2/c1-14(26)22-12-15-5-4-10-25(13-15)20-11-18(21(27)23-16-8-9-16)17-6-2-3-7-19(17)24-20/h2-3,6-7,11,15-16H,4-5,8-10,12-13H2,1H3,(H,22,26)(H,23,27). The summed E-state index contributed by atoms with van der Waals surface area (Å²) in [7, 11) is 0. The number of benzene rings is 1. The van der Waals surface area contributed by atoms with Gasteiger partial charge in [-0.3, -0.25) is 9.59 Å². The van der Waals surface area contributed by atoms with Crippen LogP contribution in [-0.2, 0) is 4.79 Å². The molecule has 6 heteroatoms. The van der Waals surface area contributed by atoms with Gasteiger partial charge in [0.25, 0.3) is 5.91 Å². The number of para-hydroxylation sites is 1. The number of piperidine rings is 1. The molecule has 1 aliphatic carbocycles. The molecule has 0 radical (unpaired) electrons. The molecule has 1 aliphatic heterocycles. The maximum atomic E-state index is 12.8. The number of aromatic nitrogens is 1. The summed E-state index contributed by atoms with van der Waals surface area (Å²) in [6.07, 6.45) is 4.29. The molecule has 2 heterocycles. The second kappa shape index (κ2) is 7.55. The van der Waals surface area contributed by atoms with Gasteiger partial charge in [0.1, 0.15) is 5.82 Å².